The van der Waals surface area contributed by atoms with Crippen LogP contribution in [0.5, 0.6) is 0 Å². The van der Waals surface area contributed by atoms with Crippen LogP contribution in [0.2, 0.25) is 0 Å². The maximum absolute atomic E-state index is 13.2. The lowest BCUT2D eigenvalue weighted by Crippen LogP contribution is -2.34. The number of rotatable bonds is 3. The number of benzene rings is 1. The van der Waals surface area contributed by atoms with Crippen LogP contribution in [0.1, 0.15) is 63.3 Å². The quantitative estimate of drug-likeness (QED) is 0.745. The number of thiophene rings is 1. The van der Waals surface area contributed by atoms with Gasteiger partial charge in [0.2, 0.25) is 0 Å². The molecule has 2 aromatic rings. The lowest BCUT2D eigenvalue weighted by Gasteiger charge is -2.21. The third-order valence-electron chi connectivity index (χ3n) is 6.07. The van der Waals surface area contributed by atoms with Crippen molar-refractivity contribution in [1.29, 1.82) is 5.26 Å². The van der Waals surface area contributed by atoms with Crippen LogP contribution >= 0.6 is 11.3 Å². The molecule has 4 rings (SSSR count). The Morgan fingerprint density at radius 2 is 1.76 bits per heavy atom. The Kier molecular flexibility index (Phi) is 6.63. The molecule has 0 spiro atoms. The van der Waals surface area contributed by atoms with E-state index < -0.39 is 0 Å². The predicted molar refractivity (Wildman–Crippen MR) is 117 cm³/mol. The second-order valence-corrected chi connectivity index (χ2v) is 9.34. The zero-order chi connectivity index (χ0) is 20.1. The van der Waals surface area contributed by atoms with E-state index in [1.165, 1.54) is 41.7 Å². The van der Waals surface area contributed by atoms with Gasteiger partial charge in [-0.05, 0) is 61.4 Å². The normalized spacial score (nSPS) is 18.2. The molecule has 4 nitrogen and oxygen atoms in total. The standard InChI is InChI=1S/C24H29N3OS/c25-17-19-8-10-20(11-9-19)18-26-12-5-13-27(15-14-26)24(28)23-16-21-6-3-1-2-4-7-22(21)29-23/h8-11,16H,1-7,12-15,18H2. The minimum atomic E-state index is 0.224. The zero-order valence-corrected chi connectivity index (χ0v) is 17.8. The Labute approximate surface area is 177 Å². The van der Waals surface area contributed by atoms with Gasteiger partial charge in [0.05, 0.1) is 16.5 Å². The fourth-order valence-electron chi connectivity index (χ4n) is 4.38. The molecule has 1 aliphatic heterocycles. The molecule has 152 valence electrons. The molecule has 1 aliphatic carbocycles. The molecular weight excluding hydrogens is 378 g/mol. The molecule has 29 heavy (non-hydrogen) atoms. The highest BCUT2D eigenvalue weighted by atomic mass is 32.1. The topological polar surface area (TPSA) is 47.3 Å². The Morgan fingerprint density at radius 3 is 2.55 bits per heavy atom. The maximum atomic E-state index is 13.2. The third-order valence-corrected chi connectivity index (χ3v) is 7.30. The number of amides is 1. The van der Waals surface area contributed by atoms with E-state index in [9.17, 15) is 4.79 Å². The first-order valence-electron chi connectivity index (χ1n) is 10.9. The number of aryl methyl sites for hydroxylation is 2. The maximum Gasteiger partial charge on any atom is 0.263 e. The third kappa shape index (κ3) is 5.07. The van der Waals surface area contributed by atoms with Crippen LogP contribution in [0, 0.1) is 11.3 Å². The summed E-state index contributed by atoms with van der Waals surface area (Å²) in [5.41, 5.74) is 3.35. The van der Waals surface area contributed by atoms with E-state index in [0.717, 1.165) is 56.9 Å². The summed E-state index contributed by atoms with van der Waals surface area (Å²) in [6, 6.07) is 12.2. The molecule has 0 N–H and O–H groups in total. The molecule has 0 radical (unpaired) electrons. The molecule has 5 heteroatoms. The van der Waals surface area contributed by atoms with Gasteiger partial charge >= 0.3 is 0 Å². The van der Waals surface area contributed by atoms with Gasteiger partial charge in [-0.2, -0.15) is 5.26 Å². The van der Waals surface area contributed by atoms with Crippen molar-refractivity contribution < 1.29 is 4.79 Å². The van der Waals surface area contributed by atoms with Gasteiger partial charge in [-0.3, -0.25) is 9.69 Å². The molecule has 0 unspecified atom stereocenters. The van der Waals surface area contributed by atoms with E-state index in [0.29, 0.717) is 5.56 Å². The number of hydrogen-bond donors (Lipinski definition) is 0. The van der Waals surface area contributed by atoms with Gasteiger partial charge in [-0.25, -0.2) is 0 Å². The van der Waals surface area contributed by atoms with Gasteiger partial charge in [-0.1, -0.05) is 25.0 Å². The minimum Gasteiger partial charge on any atom is -0.337 e. The van der Waals surface area contributed by atoms with Crippen LogP contribution in [-0.4, -0.2) is 41.9 Å². The van der Waals surface area contributed by atoms with E-state index in [-0.39, 0.29) is 5.91 Å². The molecule has 0 atom stereocenters. The summed E-state index contributed by atoms with van der Waals surface area (Å²) in [5, 5.41) is 8.95. The first-order valence-corrected chi connectivity index (χ1v) is 11.7. The first-order chi connectivity index (χ1) is 14.2. The summed E-state index contributed by atoms with van der Waals surface area (Å²) in [7, 11) is 0. The SMILES string of the molecule is N#Cc1ccc(CN2CCCN(C(=O)c3cc4c(s3)CCCCCC4)CC2)cc1. The van der Waals surface area contributed by atoms with Crippen LogP contribution < -0.4 is 0 Å². The zero-order valence-electron chi connectivity index (χ0n) is 17.0. The Hall–Kier alpha value is -2.16. The Bertz CT molecular complexity index is 855. The summed E-state index contributed by atoms with van der Waals surface area (Å²) in [4.78, 5) is 20.0. The molecule has 2 aliphatic rings. The van der Waals surface area contributed by atoms with Gasteiger partial charge in [-0.15, -0.1) is 11.3 Å². The monoisotopic (exact) mass is 407 g/mol. The van der Waals surface area contributed by atoms with Crippen LogP contribution in [0.15, 0.2) is 30.3 Å². The van der Waals surface area contributed by atoms with Gasteiger partial charge in [0, 0.05) is 37.6 Å². The summed E-state index contributed by atoms with van der Waals surface area (Å²) < 4.78 is 0. The molecule has 1 saturated heterocycles. The van der Waals surface area contributed by atoms with Crippen LogP contribution in [0.25, 0.3) is 0 Å². The Balaban J connectivity index is 1.37. The van der Waals surface area contributed by atoms with Gasteiger partial charge < -0.3 is 4.90 Å². The smallest absolute Gasteiger partial charge is 0.263 e. The molecule has 1 amide bonds. The number of hydrogen-bond acceptors (Lipinski definition) is 4. The molecular formula is C24H29N3OS. The lowest BCUT2D eigenvalue weighted by molar-refractivity contribution is 0.0766. The fourth-order valence-corrected chi connectivity index (χ4v) is 5.60. The average Bonchev–Trinajstić information content (AvgIpc) is 2.96. The van der Waals surface area contributed by atoms with Crippen molar-refractivity contribution in [3.63, 3.8) is 0 Å². The van der Waals surface area contributed by atoms with Crippen molar-refractivity contribution >= 4 is 17.2 Å². The second kappa shape index (κ2) is 9.56. The molecule has 1 aromatic heterocycles. The largest absolute Gasteiger partial charge is 0.337 e. The van der Waals surface area contributed by atoms with Crippen molar-refractivity contribution in [2.45, 2.75) is 51.5 Å². The number of fused-ring (bicyclic) bond motifs is 1. The molecule has 0 bridgehead atoms. The van der Waals surface area contributed by atoms with Crippen molar-refractivity contribution in [3.05, 3.63) is 56.8 Å². The molecule has 1 fully saturated rings. The highest BCUT2D eigenvalue weighted by Gasteiger charge is 2.23. The van der Waals surface area contributed by atoms with Crippen molar-refractivity contribution in [2.24, 2.45) is 0 Å². The van der Waals surface area contributed by atoms with Gasteiger partial charge in [0.15, 0.2) is 0 Å². The minimum absolute atomic E-state index is 0.224. The van der Waals surface area contributed by atoms with Crippen LogP contribution in [0.3, 0.4) is 0 Å². The predicted octanol–water partition coefficient (Wildman–Crippen LogP) is 4.63. The van der Waals surface area contributed by atoms with E-state index in [2.05, 4.69) is 21.9 Å². The lowest BCUT2D eigenvalue weighted by atomic mass is 10.00. The number of nitriles is 1. The van der Waals surface area contributed by atoms with E-state index >= 15 is 0 Å². The van der Waals surface area contributed by atoms with Crippen molar-refractivity contribution in [2.75, 3.05) is 26.2 Å². The molecule has 2 heterocycles. The highest BCUT2D eigenvalue weighted by Crippen LogP contribution is 2.29. The number of carbonyl (C=O) groups excluding carboxylic acids is 1. The average molecular weight is 408 g/mol. The summed E-state index contributed by atoms with van der Waals surface area (Å²) >= 11 is 1.74. The number of carbonyl (C=O) groups is 1. The summed E-state index contributed by atoms with van der Waals surface area (Å²) in [5.74, 6) is 0.224. The Morgan fingerprint density at radius 1 is 0.966 bits per heavy atom. The van der Waals surface area contributed by atoms with Crippen LogP contribution in [0.4, 0.5) is 0 Å². The fraction of sp³-hybridized carbons (Fsp3) is 0.500. The van der Waals surface area contributed by atoms with E-state index in [1.54, 1.807) is 11.3 Å². The summed E-state index contributed by atoms with van der Waals surface area (Å²) in [6.45, 7) is 4.41. The van der Waals surface area contributed by atoms with Crippen molar-refractivity contribution in [3.8, 4) is 6.07 Å². The second-order valence-electron chi connectivity index (χ2n) is 8.20. The highest BCUT2D eigenvalue weighted by molar-refractivity contribution is 7.14. The first kappa shape index (κ1) is 20.1. The van der Waals surface area contributed by atoms with Crippen molar-refractivity contribution in [1.82, 2.24) is 9.80 Å². The molecule has 0 saturated carbocycles. The van der Waals surface area contributed by atoms with Gasteiger partial charge in [0.1, 0.15) is 0 Å². The summed E-state index contributed by atoms with van der Waals surface area (Å²) in [6.07, 6.45) is 8.44. The van der Waals surface area contributed by atoms with Gasteiger partial charge in [0.25, 0.3) is 5.91 Å². The van der Waals surface area contributed by atoms with E-state index in [4.69, 9.17) is 5.26 Å². The van der Waals surface area contributed by atoms with Crippen LogP contribution in [-0.2, 0) is 19.4 Å². The molecule has 1 aromatic carbocycles. The van der Waals surface area contributed by atoms with E-state index in [1.807, 2.05) is 24.3 Å². The number of nitrogens with zero attached hydrogens (tertiary/aromatic N) is 3.